The van der Waals surface area contributed by atoms with Crippen molar-refractivity contribution in [2.75, 3.05) is 25.6 Å². The molecule has 4 nitrogen and oxygen atoms in total. The number of nitrogens with zero attached hydrogens (tertiary/aromatic N) is 2. The van der Waals surface area contributed by atoms with Gasteiger partial charge in [0.25, 0.3) is 0 Å². The highest BCUT2D eigenvalue weighted by Crippen LogP contribution is 2.33. The van der Waals surface area contributed by atoms with Gasteiger partial charge in [0.2, 0.25) is 0 Å². The normalized spacial score (nSPS) is 12.3. The van der Waals surface area contributed by atoms with Gasteiger partial charge in [-0.05, 0) is 48.9 Å². The van der Waals surface area contributed by atoms with E-state index in [1.54, 1.807) is 11.3 Å². The molecule has 1 aromatic heterocycles. The van der Waals surface area contributed by atoms with E-state index in [1.165, 1.54) is 5.69 Å². The number of rotatable bonds is 6. The maximum absolute atomic E-state index is 9.61. The number of anilines is 1. The third-order valence-electron chi connectivity index (χ3n) is 3.90. The van der Waals surface area contributed by atoms with E-state index in [9.17, 15) is 5.11 Å². The van der Waals surface area contributed by atoms with Crippen LogP contribution in [0.25, 0.3) is 20.8 Å². The van der Waals surface area contributed by atoms with E-state index in [-0.39, 0.29) is 0 Å². The molecule has 3 rings (SSSR count). The van der Waals surface area contributed by atoms with Crippen LogP contribution in [0, 0.1) is 0 Å². The van der Waals surface area contributed by atoms with Crippen LogP contribution in [0.15, 0.2) is 42.5 Å². The Bertz CT molecular complexity index is 812. The number of benzene rings is 2. The van der Waals surface area contributed by atoms with Gasteiger partial charge in [0.15, 0.2) is 0 Å². The smallest absolute Gasteiger partial charge is 0.124 e. The molecule has 0 aliphatic rings. The summed E-state index contributed by atoms with van der Waals surface area (Å²) in [5, 5.41) is 10.6. The maximum atomic E-state index is 9.61. The fraction of sp³-hybridized carbons (Fsp3) is 0.316. The lowest BCUT2D eigenvalue weighted by molar-refractivity contribution is 0.104. The van der Waals surface area contributed by atoms with Gasteiger partial charge < -0.3 is 14.7 Å². The van der Waals surface area contributed by atoms with Crippen LogP contribution in [-0.4, -0.2) is 36.9 Å². The number of aliphatic hydroxyl groups excluding tert-OH is 1. The van der Waals surface area contributed by atoms with Crippen molar-refractivity contribution in [3.05, 3.63) is 42.5 Å². The van der Waals surface area contributed by atoms with Gasteiger partial charge in [-0.1, -0.05) is 6.92 Å². The average Bonchev–Trinajstić information content (AvgIpc) is 3.03. The number of aromatic nitrogens is 1. The highest BCUT2D eigenvalue weighted by molar-refractivity contribution is 7.21. The molecule has 0 radical (unpaired) electrons. The number of thiazole rings is 1. The first-order valence-electron chi connectivity index (χ1n) is 8.06. The molecular formula is C19H22N2O2S. The third-order valence-corrected chi connectivity index (χ3v) is 4.97. The summed E-state index contributed by atoms with van der Waals surface area (Å²) >= 11 is 1.65. The molecule has 2 aromatic carbocycles. The van der Waals surface area contributed by atoms with Crippen molar-refractivity contribution in [2.24, 2.45) is 0 Å². The zero-order valence-electron chi connectivity index (χ0n) is 14.2. The number of fused-ring (bicyclic) bond motifs is 1. The van der Waals surface area contributed by atoms with Crippen molar-refractivity contribution in [1.29, 1.82) is 0 Å². The molecule has 0 amide bonds. The Morgan fingerprint density at radius 1 is 1.17 bits per heavy atom. The van der Waals surface area contributed by atoms with Crippen LogP contribution in [-0.2, 0) is 0 Å². The zero-order chi connectivity index (χ0) is 17.1. The first-order chi connectivity index (χ1) is 11.6. The standard InChI is InChI=1S/C19H22N2O2S/c1-4-15(22)12-23-16-9-10-17-18(11-16)24-19(20-17)13-5-7-14(8-6-13)21(2)3/h5-11,15,22H,4,12H2,1-3H3/t15-/m0/s1. The second-order valence-corrected chi connectivity index (χ2v) is 6.99. The van der Waals surface area contributed by atoms with Crippen LogP contribution in [0.1, 0.15) is 13.3 Å². The molecule has 0 saturated heterocycles. The van der Waals surface area contributed by atoms with Crippen molar-refractivity contribution in [3.8, 4) is 16.3 Å². The van der Waals surface area contributed by atoms with E-state index in [4.69, 9.17) is 9.72 Å². The van der Waals surface area contributed by atoms with E-state index in [1.807, 2.05) is 39.2 Å². The first-order valence-corrected chi connectivity index (χ1v) is 8.87. The van der Waals surface area contributed by atoms with E-state index in [0.717, 1.165) is 26.5 Å². The zero-order valence-corrected chi connectivity index (χ0v) is 15.0. The fourth-order valence-electron chi connectivity index (χ4n) is 2.33. The molecule has 0 aliphatic carbocycles. The van der Waals surface area contributed by atoms with Crippen LogP contribution in [0.3, 0.4) is 0 Å². The molecule has 0 unspecified atom stereocenters. The minimum atomic E-state index is -0.423. The Kier molecular flexibility index (Phi) is 5.02. The molecule has 1 N–H and O–H groups in total. The SMILES string of the molecule is CC[C@H](O)COc1ccc2nc(-c3ccc(N(C)C)cc3)sc2c1. The van der Waals surface area contributed by atoms with Crippen LogP contribution in [0.4, 0.5) is 5.69 Å². The Balaban J connectivity index is 1.83. The number of aliphatic hydroxyl groups is 1. The largest absolute Gasteiger partial charge is 0.491 e. The first kappa shape index (κ1) is 16.7. The van der Waals surface area contributed by atoms with E-state index >= 15 is 0 Å². The number of ether oxygens (including phenoxy) is 1. The van der Waals surface area contributed by atoms with Gasteiger partial charge in [-0.2, -0.15) is 0 Å². The molecule has 0 saturated carbocycles. The average molecular weight is 342 g/mol. The predicted molar refractivity (Wildman–Crippen MR) is 101 cm³/mol. The van der Waals surface area contributed by atoms with Crippen molar-refractivity contribution < 1.29 is 9.84 Å². The molecule has 24 heavy (non-hydrogen) atoms. The lowest BCUT2D eigenvalue weighted by atomic mass is 10.2. The van der Waals surface area contributed by atoms with Crippen LogP contribution < -0.4 is 9.64 Å². The molecule has 0 spiro atoms. The number of hydrogen-bond acceptors (Lipinski definition) is 5. The lowest BCUT2D eigenvalue weighted by Gasteiger charge is -2.11. The summed E-state index contributed by atoms with van der Waals surface area (Å²) in [7, 11) is 4.06. The summed E-state index contributed by atoms with van der Waals surface area (Å²) < 4.78 is 6.74. The summed E-state index contributed by atoms with van der Waals surface area (Å²) in [6.45, 7) is 2.26. The Morgan fingerprint density at radius 2 is 1.92 bits per heavy atom. The summed E-state index contributed by atoms with van der Waals surface area (Å²) in [6.07, 6.45) is 0.267. The second-order valence-electron chi connectivity index (χ2n) is 5.96. The van der Waals surface area contributed by atoms with Gasteiger partial charge >= 0.3 is 0 Å². The van der Waals surface area contributed by atoms with Gasteiger partial charge in [-0.3, -0.25) is 0 Å². The summed E-state index contributed by atoms with van der Waals surface area (Å²) in [5.41, 5.74) is 3.26. The second kappa shape index (κ2) is 7.20. The quantitative estimate of drug-likeness (QED) is 0.730. The van der Waals surface area contributed by atoms with Gasteiger partial charge in [0.05, 0.1) is 16.3 Å². The third kappa shape index (κ3) is 3.68. The molecule has 1 atom stereocenters. The van der Waals surface area contributed by atoms with Crippen LogP contribution in [0.2, 0.25) is 0 Å². The topological polar surface area (TPSA) is 45.6 Å². The minimum absolute atomic E-state index is 0.319. The van der Waals surface area contributed by atoms with Crippen molar-refractivity contribution in [1.82, 2.24) is 4.98 Å². The lowest BCUT2D eigenvalue weighted by Crippen LogP contribution is -2.15. The van der Waals surface area contributed by atoms with Crippen molar-refractivity contribution in [3.63, 3.8) is 0 Å². The fourth-order valence-corrected chi connectivity index (χ4v) is 3.33. The predicted octanol–water partition coefficient (Wildman–Crippen LogP) is 4.18. The van der Waals surface area contributed by atoms with Gasteiger partial charge in [-0.15, -0.1) is 11.3 Å². The van der Waals surface area contributed by atoms with Crippen LogP contribution in [0.5, 0.6) is 5.75 Å². The van der Waals surface area contributed by atoms with Gasteiger partial charge in [0.1, 0.15) is 17.4 Å². The van der Waals surface area contributed by atoms with Gasteiger partial charge in [0, 0.05) is 25.3 Å². The molecular weight excluding hydrogens is 320 g/mol. The monoisotopic (exact) mass is 342 g/mol. The molecule has 1 heterocycles. The van der Waals surface area contributed by atoms with E-state index in [2.05, 4.69) is 29.2 Å². The van der Waals surface area contributed by atoms with Crippen molar-refractivity contribution in [2.45, 2.75) is 19.4 Å². The van der Waals surface area contributed by atoms with Crippen molar-refractivity contribution >= 4 is 27.2 Å². The van der Waals surface area contributed by atoms with E-state index in [0.29, 0.717) is 13.0 Å². The highest BCUT2D eigenvalue weighted by atomic mass is 32.1. The molecule has 126 valence electrons. The van der Waals surface area contributed by atoms with E-state index < -0.39 is 6.10 Å². The maximum Gasteiger partial charge on any atom is 0.124 e. The summed E-state index contributed by atoms with van der Waals surface area (Å²) in [6, 6.07) is 14.3. The number of hydrogen-bond donors (Lipinski definition) is 1. The Morgan fingerprint density at radius 3 is 2.58 bits per heavy atom. The molecule has 3 aromatic rings. The molecule has 5 heteroatoms. The van der Waals surface area contributed by atoms with Crippen LogP contribution >= 0.6 is 11.3 Å². The molecule has 0 bridgehead atoms. The summed E-state index contributed by atoms with van der Waals surface area (Å²) in [5.74, 6) is 0.771. The molecule has 0 aliphatic heterocycles. The molecule has 0 fully saturated rings. The Hall–Kier alpha value is -2.11. The van der Waals surface area contributed by atoms with Gasteiger partial charge in [-0.25, -0.2) is 4.98 Å². The minimum Gasteiger partial charge on any atom is -0.491 e. The highest BCUT2D eigenvalue weighted by Gasteiger charge is 2.09. The Labute approximate surface area is 146 Å². The summed E-state index contributed by atoms with van der Waals surface area (Å²) in [4.78, 5) is 6.79.